The Kier molecular flexibility index (Phi) is 4.66. The van der Waals surface area contributed by atoms with E-state index in [2.05, 4.69) is 22.0 Å². The third kappa shape index (κ3) is 3.60. The van der Waals surface area contributed by atoms with Crippen LogP contribution < -0.4 is 11.1 Å². The van der Waals surface area contributed by atoms with Crippen LogP contribution in [0.15, 0.2) is 0 Å². The molecule has 1 unspecified atom stereocenters. The second-order valence-corrected chi connectivity index (χ2v) is 3.72. The minimum absolute atomic E-state index is 0.214. The van der Waals surface area contributed by atoms with Crippen molar-refractivity contribution in [1.82, 2.24) is 15.1 Å². The SMILES string of the molecule is CNCCN1CCN(C(C)N)CC1. The largest absolute Gasteiger partial charge is 0.318 e. The molecule has 0 aromatic heterocycles. The Bertz CT molecular complexity index is 130. The van der Waals surface area contributed by atoms with Gasteiger partial charge in [0.25, 0.3) is 0 Å². The number of likely N-dealkylation sites (N-methyl/N-ethyl adjacent to an activating group) is 1. The summed E-state index contributed by atoms with van der Waals surface area (Å²) < 4.78 is 0. The predicted octanol–water partition coefficient (Wildman–Crippen LogP) is -0.872. The van der Waals surface area contributed by atoms with Crippen molar-refractivity contribution in [3.05, 3.63) is 0 Å². The summed E-state index contributed by atoms with van der Waals surface area (Å²) in [4.78, 5) is 4.81. The van der Waals surface area contributed by atoms with E-state index in [-0.39, 0.29) is 6.17 Å². The van der Waals surface area contributed by atoms with E-state index < -0.39 is 0 Å². The van der Waals surface area contributed by atoms with Gasteiger partial charge in [-0.05, 0) is 14.0 Å². The molecule has 0 amide bonds. The summed E-state index contributed by atoms with van der Waals surface area (Å²) in [6.07, 6.45) is 0.214. The molecule has 0 spiro atoms. The van der Waals surface area contributed by atoms with E-state index in [9.17, 15) is 0 Å². The number of nitrogens with zero attached hydrogens (tertiary/aromatic N) is 2. The third-order valence-electron chi connectivity index (χ3n) is 2.66. The Morgan fingerprint density at radius 1 is 1.31 bits per heavy atom. The molecule has 0 bridgehead atoms. The summed E-state index contributed by atoms with van der Waals surface area (Å²) >= 11 is 0. The molecular weight excluding hydrogens is 164 g/mol. The normalized spacial score (nSPS) is 23.3. The molecule has 0 aromatic rings. The molecule has 1 heterocycles. The number of hydrogen-bond donors (Lipinski definition) is 2. The first-order valence-corrected chi connectivity index (χ1v) is 5.10. The van der Waals surface area contributed by atoms with Crippen LogP contribution in [0.2, 0.25) is 0 Å². The Labute approximate surface area is 81.1 Å². The van der Waals surface area contributed by atoms with Gasteiger partial charge in [0.2, 0.25) is 0 Å². The van der Waals surface area contributed by atoms with Crippen molar-refractivity contribution in [2.24, 2.45) is 5.73 Å². The van der Waals surface area contributed by atoms with Crippen LogP contribution in [0.4, 0.5) is 0 Å². The zero-order chi connectivity index (χ0) is 9.68. The fraction of sp³-hybridized carbons (Fsp3) is 1.00. The molecule has 1 atom stereocenters. The van der Waals surface area contributed by atoms with Crippen LogP contribution in [0.25, 0.3) is 0 Å². The van der Waals surface area contributed by atoms with Crippen LogP contribution in [0, 0.1) is 0 Å². The lowest BCUT2D eigenvalue weighted by atomic mass is 10.3. The number of nitrogens with one attached hydrogen (secondary N) is 1. The highest BCUT2D eigenvalue weighted by Gasteiger charge is 2.17. The van der Waals surface area contributed by atoms with Gasteiger partial charge in [-0.25, -0.2) is 0 Å². The van der Waals surface area contributed by atoms with Gasteiger partial charge < -0.3 is 11.1 Å². The van der Waals surface area contributed by atoms with Gasteiger partial charge in [-0.15, -0.1) is 0 Å². The molecule has 0 aliphatic carbocycles. The Morgan fingerprint density at radius 2 is 1.92 bits per heavy atom. The summed E-state index contributed by atoms with van der Waals surface area (Å²) in [7, 11) is 2.00. The number of piperazine rings is 1. The van der Waals surface area contributed by atoms with Crippen LogP contribution in [0.3, 0.4) is 0 Å². The van der Waals surface area contributed by atoms with Crippen LogP contribution in [0.5, 0.6) is 0 Å². The molecule has 4 heteroatoms. The van der Waals surface area contributed by atoms with Crippen LogP contribution in [-0.2, 0) is 0 Å². The minimum atomic E-state index is 0.214. The molecular formula is C9H22N4. The monoisotopic (exact) mass is 186 g/mol. The highest BCUT2D eigenvalue weighted by Crippen LogP contribution is 2.02. The van der Waals surface area contributed by atoms with E-state index in [0.29, 0.717) is 0 Å². The predicted molar refractivity (Wildman–Crippen MR) is 55.6 cm³/mol. The van der Waals surface area contributed by atoms with Crippen LogP contribution in [-0.4, -0.2) is 62.3 Å². The molecule has 1 fully saturated rings. The average Bonchev–Trinajstić information content (AvgIpc) is 2.15. The standard InChI is InChI=1S/C9H22N4/c1-9(10)13-7-5-12(6-8-13)4-3-11-2/h9,11H,3-8,10H2,1-2H3. The van der Waals surface area contributed by atoms with E-state index >= 15 is 0 Å². The lowest BCUT2D eigenvalue weighted by molar-refractivity contribution is 0.105. The van der Waals surface area contributed by atoms with Crippen molar-refractivity contribution in [2.75, 3.05) is 46.3 Å². The van der Waals surface area contributed by atoms with Crippen molar-refractivity contribution in [1.29, 1.82) is 0 Å². The molecule has 1 rings (SSSR count). The van der Waals surface area contributed by atoms with E-state index in [0.717, 1.165) is 39.3 Å². The van der Waals surface area contributed by atoms with Gasteiger partial charge in [-0.3, -0.25) is 9.80 Å². The first-order chi connectivity index (χ1) is 6.24. The molecule has 1 aliphatic heterocycles. The average molecular weight is 186 g/mol. The molecule has 0 aromatic carbocycles. The van der Waals surface area contributed by atoms with Crippen molar-refractivity contribution in [3.63, 3.8) is 0 Å². The van der Waals surface area contributed by atoms with E-state index in [1.54, 1.807) is 0 Å². The lowest BCUT2D eigenvalue weighted by Gasteiger charge is -2.36. The van der Waals surface area contributed by atoms with Crippen molar-refractivity contribution >= 4 is 0 Å². The highest BCUT2D eigenvalue weighted by molar-refractivity contribution is 4.73. The summed E-state index contributed by atoms with van der Waals surface area (Å²) in [6.45, 7) is 8.83. The van der Waals surface area contributed by atoms with E-state index in [1.165, 1.54) is 0 Å². The van der Waals surface area contributed by atoms with Gasteiger partial charge in [-0.1, -0.05) is 0 Å². The Morgan fingerprint density at radius 3 is 2.38 bits per heavy atom. The zero-order valence-electron chi connectivity index (χ0n) is 8.79. The summed E-state index contributed by atoms with van der Waals surface area (Å²) in [5.74, 6) is 0. The molecule has 4 nitrogen and oxygen atoms in total. The quantitative estimate of drug-likeness (QED) is 0.599. The molecule has 1 aliphatic rings. The summed E-state index contributed by atoms with van der Waals surface area (Å²) in [5, 5.41) is 3.17. The Balaban J connectivity index is 2.15. The van der Waals surface area contributed by atoms with Crippen LogP contribution >= 0.6 is 0 Å². The van der Waals surface area contributed by atoms with Crippen molar-refractivity contribution in [3.8, 4) is 0 Å². The maximum Gasteiger partial charge on any atom is 0.0543 e. The van der Waals surface area contributed by atoms with Crippen molar-refractivity contribution in [2.45, 2.75) is 13.1 Å². The topological polar surface area (TPSA) is 44.5 Å². The molecule has 1 saturated heterocycles. The van der Waals surface area contributed by atoms with Crippen LogP contribution in [0.1, 0.15) is 6.92 Å². The Hall–Kier alpha value is -0.160. The zero-order valence-corrected chi connectivity index (χ0v) is 8.79. The molecule has 78 valence electrons. The molecule has 3 N–H and O–H groups in total. The van der Waals surface area contributed by atoms with Crippen molar-refractivity contribution < 1.29 is 0 Å². The smallest absolute Gasteiger partial charge is 0.0543 e. The first-order valence-electron chi connectivity index (χ1n) is 5.10. The maximum atomic E-state index is 5.81. The van der Waals surface area contributed by atoms with E-state index in [1.807, 2.05) is 7.05 Å². The molecule has 0 radical (unpaired) electrons. The van der Waals surface area contributed by atoms with Gasteiger partial charge >= 0.3 is 0 Å². The maximum absolute atomic E-state index is 5.81. The number of rotatable bonds is 4. The van der Waals surface area contributed by atoms with Gasteiger partial charge in [0, 0.05) is 39.3 Å². The fourth-order valence-electron chi connectivity index (χ4n) is 1.66. The summed E-state index contributed by atoms with van der Waals surface area (Å²) in [6, 6.07) is 0. The first kappa shape index (κ1) is 10.9. The van der Waals surface area contributed by atoms with Gasteiger partial charge in [0.15, 0.2) is 0 Å². The number of nitrogens with two attached hydrogens (primary N) is 1. The lowest BCUT2D eigenvalue weighted by Crippen LogP contribution is -2.52. The molecule has 13 heavy (non-hydrogen) atoms. The van der Waals surface area contributed by atoms with Gasteiger partial charge in [0.1, 0.15) is 0 Å². The van der Waals surface area contributed by atoms with Gasteiger partial charge in [-0.2, -0.15) is 0 Å². The second kappa shape index (κ2) is 5.54. The number of hydrogen-bond acceptors (Lipinski definition) is 4. The third-order valence-corrected chi connectivity index (χ3v) is 2.66. The highest BCUT2D eigenvalue weighted by atomic mass is 15.3. The summed E-state index contributed by atoms with van der Waals surface area (Å²) in [5.41, 5.74) is 5.81. The molecule has 0 saturated carbocycles. The fourth-order valence-corrected chi connectivity index (χ4v) is 1.66. The minimum Gasteiger partial charge on any atom is -0.318 e. The second-order valence-electron chi connectivity index (χ2n) is 3.72. The van der Waals surface area contributed by atoms with Gasteiger partial charge in [0.05, 0.1) is 6.17 Å². The van der Waals surface area contributed by atoms with E-state index in [4.69, 9.17) is 5.73 Å².